The van der Waals surface area contributed by atoms with Crippen LogP contribution in [0.15, 0.2) is 72.3 Å². The van der Waals surface area contributed by atoms with Gasteiger partial charge < -0.3 is 38.6 Å². The normalized spacial score (nSPS) is 24.4. The van der Waals surface area contributed by atoms with Crippen LogP contribution in [0.3, 0.4) is 0 Å². The van der Waals surface area contributed by atoms with Gasteiger partial charge in [-0.05, 0) is 156 Å². The number of benzene rings is 2. The molecular formula is C43H58O10. The summed E-state index contributed by atoms with van der Waals surface area (Å²) >= 11 is 0. The van der Waals surface area contributed by atoms with Gasteiger partial charge in [-0.2, -0.15) is 0 Å². The Morgan fingerprint density at radius 1 is 0.623 bits per heavy atom. The van der Waals surface area contributed by atoms with Crippen molar-refractivity contribution in [2.45, 2.75) is 121 Å². The summed E-state index contributed by atoms with van der Waals surface area (Å²) in [5, 5.41) is 22.7. The molecule has 53 heavy (non-hydrogen) atoms. The Labute approximate surface area is 314 Å². The minimum Gasteiger partial charge on any atom is -0.494 e. The number of carbonyl (C=O) groups is 2. The summed E-state index contributed by atoms with van der Waals surface area (Å²) in [6, 6.07) is 13.3. The standard InChI is InChI=1S/C43H58O10/c1-33-32-42(46,40(44)34-16-20-36(21-17-34)48-26-8-2-4-10-28-50-38-14-6-12-30-52-38)24-25-43(33,47)41(45)35-18-22-37(23-19-35)49-27-9-3-5-11-29-51-39-15-7-13-31-53-39/h16-25,32,38-39,46-47H,2-15,26-31H2,1H3. The fraction of sp³-hybridized carbons (Fsp3) is 0.581. The third kappa shape index (κ3) is 12.3. The van der Waals surface area contributed by atoms with E-state index in [-0.39, 0.29) is 29.3 Å². The van der Waals surface area contributed by atoms with Gasteiger partial charge in [0.2, 0.25) is 11.6 Å². The fourth-order valence-corrected chi connectivity index (χ4v) is 6.73. The van der Waals surface area contributed by atoms with E-state index >= 15 is 0 Å². The van der Waals surface area contributed by atoms with Crippen LogP contribution in [-0.4, -0.2) is 85.2 Å². The Morgan fingerprint density at radius 3 is 1.51 bits per heavy atom. The van der Waals surface area contributed by atoms with Crippen LogP contribution in [0.25, 0.3) is 0 Å². The minimum atomic E-state index is -2.01. The van der Waals surface area contributed by atoms with Crippen molar-refractivity contribution < 1.29 is 48.2 Å². The first-order valence-corrected chi connectivity index (χ1v) is 19.6. The predicted octanol–water partition coefficient (Wildman–Crippen LogP) is 7.70. The molecule has 4 unspecified atom stereocenters. The highest BCUT2D eigenvalue weighted by molar-refractivity contribution is 6.09. The second-order valence-corrected chi connectivity index (χ2v) is 14.3. The molecule has 3 aliphatic rings. The Bertz CT molecular complexity index is 1470. The first-order valence-electron chi connectivity index (χ1n) is 19.6. The molecule has 2 N–H and O–H groups in total. The van der Waals surface area contributed by atoms with Crippen LogP contribution in [0.5, 0.6) is 11.5 Å². The van der Waals surface area contributed by atoms with Gasteiger partial charge in [0.05, 0.1) is 13.2 Å². The second kappa shape index (κ2) is 20.9. The van der Waals surface area contributed by atoms with E-state index in [1.165, 1.54) is 38.0 Å². The predicted molar refractivity (Wildman–Crippen MR) is 201 cm³/mol. The van der Waals surface area contributed by atoms with Gasteiger partial charge in [0.25, 0.3) is 0 Å². The minimum absolute atomic E-state index is 0.0381. The highest BCUT2D eigenvalue weighted by Gasteiger charge is 2.44. The average molecular weight is 735 g/mol. The van der Waals surface area contributed by atoms with Crippen molar-refractivity contribution in [1.29, 1.82) is 0 Å². The monoisotopic (exact) mass is 734 g/mol. The van der Waals surface area contributed by atoms with Crippen molar-refractivity contribution in [2.75, 3.05) is 39.6 Å². The van der Waals surface area contributed by atoms with E-state index in [2.05, 4.69) is 0 Å². The zero-order valence-corrected chi connectivity index (χ0v) is 31.3. The number of hydrogen-bond donors (Lipinski definition) is 2. The van der Waals surface area contributed by atoms with Gasteiger partial charge in [-0.3, -0.25) is 9.59 Å². The van der Waals surface area contributed by atoms with Crippen molar-refractivity contribution in [3.8, 4) is 11.5 Å². The van der Waals surface area contributed by atoms with Gasteiger partial charge in [0.15, 0.2) is 23.8 Å². The lowest BCUT2D eigenvalue weighted by molar-refractivity contribution is -0.163. The average Bonchev–Trinajstić information content (AvgIpc) is 3.19. The molecule has 0 bridgehead atoms. The molecule has 10 heteroatoms. The summed E-state index contributed by atoms with van der Waals surface area (Å²) in [6.07, 6.45) is 18.1. The molecule has 290 valence electrons. The van der Waals surface area contributed by atoms with Gasteiger partial charge in [-0.25, -0.2) is 0 Å². The van der Waals surface area contributed by atoms with Gasteiger partial charge in [-0.15, -0.1) is 0 Å². The molecule has 2 aromatic carbocycles. The summed E-state index contributed by atoms with van der Waals surface area (Å²) in [5.41, 5.74) is -3.30. The molecule has 0 spiro atoms. The number of hydrogen-bond acceptors (Lipinski definition) is 10. The molecule has 10 nitrogen and oxygen atoms in total. The van der Waals surface area contributed by atoms with Gasteiger partial charge in [0.1, 0.15) is 11.5 Å². The number of ketones is 2. The molecule has 2 heterocycles. The molecule has 2 aliphatic heterocycles. The molecule has 0 radical (unpaired) electrons. The summed E-state index contributed by atoms with van der Waals surface area (Å²) in [4.78, 5) is 26.9. The maximum Gasteiger partial charge on any atom is 0.202 e. The molecule has 4 atom stereocenters. The van der Waals surface area contributed by atoms with Crippen molar-refractivity contribution in [1.82, 2.24) is 0 Å². The molecule has 0 amide bonds. The molecule has 5 rings (SSSR count). The van der Waals surface area contributed by atoms with Gasteiger partial charge in [-0.1, -0.05) is 12.8 Å². The fourth-order valence-electron chi connectivity index (χ4n) is 6.73. The smallest absolute Gasteiger partial charge is 0.202 e. The van der Waals surface area contributed by atoms with Crippen LogP contribution >= 0.6 is 0 Å². The highest BCUT2D eigenvalue weighted by atomic mass is 16.7. The summed E-state index contributed by atoms with van der Waals surface area (Å²) < 4.78 is 34.5. The molecule has 2 aromatic rings. The van der Waals surface area contributed by atoms with E-state index in [1.807, 2.05) is 0 Å². The van der Waals surface area contributed by atoms with Crippen molar-refractivity contribution in [2.24, 2.45) is 0 Å². The van der Waals surface area contributed by atoms with Crippen LogP contribution in [0.2, 0.25) is 0 Å². The Kier molecular flexibility index (Phi) is 16.1. The van der Waals surface area contributed by atoms with E-state index in [4.69, 9.17) is 28.4 Å². The summed E-state index contributed by atoms with van der Waals surface area (Å²) in [7, 11) is 0. The van der Waals surface area contributed by atoms with Crippen LogP contribution in [-0.2, 0) is 18.9 Å². The van der Waals surface area contributed by atoms with Crippen molar-refractivity contribution >= 4 is 11.6 Å². The number of rotatable bonds is 22. The van der Waals surface area contributed by atoms with E-state index in [0.29, 0.717) is 37.9 Å². The van der Waals surface area contributed by atoms with Gasteiger partial charge >= 0.3 is 0 Å². The Morgan fingerprint density at radius 2 is 1.08 bits per heavy atom. The maximum absolute atomic E-state index is 13.5. The summed E-state index contributed by atoms with van der Waals surface area (Å²) in [6.45, 7) is 5.67. The number of Topliss-reactive ketones (excluding diaryl/α,β-unsaturated/α-hetero) is 2. The maximum atomic E-state index is 13.5. The zero-order chi connectivity index (χ0) is 37.4. The molecular weight excluding hydrogens is 676 g/mol. The highest BCUT2D eigenvalue weighted by Crippen LogP contribution is 2.34. The Balaban J connectivity index is 0.997. The third-order valence-electron chi connectivity index (χ3n) is 10.1. The SMILES string of the molecule is CC1=CC(O)(C(=O)c2ccc(OCCCCCCOC3CCCCO3)cc2)C=CC1(O)C(=O)c1ccc(OCCCCCCOC2CCCCO2)cc1. The summed E-state index contributed by atoms with van der Waals surface area (Å²) in [5.74, 6) is 0.138. The topological polar surface area (TPSA) is 130 Å². The second-order valence-electron chi connectivity index (χ2n) is 14.3. The number of ether oxygens (including phenoxy) is 6. The first kappa shape index (κ1) is 40.8. The van der Waals surface area contributed by atoms with Crippen molar-refractivity contribution in [3.63, 3.8) is 0 Å². The number of aliphatic hydroxyl groups is 2. The molecule has 0 aromatic heterocycles. The zero-order valence-electron chi connectivity index (χ0n) is 31.3. The van der Waals surface area contributed by atoms with Crippen LogP contribution in [0.1, 0.15) is 118 Å². The molecule has 0 saturated carbocycles. The Hall–Kier alpha value is -3.38. The molecule has 2 fully saturated rings. The van der Waals surface area contributed by atoms with Crippen LogP contribution < -0.4 is 9.47 Å². The number of unbranched alkanes of at least 4 members (excludes halogenated alkanes) is 6. The molecule has 1 aliphatic carbocycles. The largest absolute Gasteiger partial charge is 0.494 e. The van der Waals surface area contributed by atoms with Crippen LogP contribution in [0, 0.1) is 0 Å². The van der Waals surface area contributed by atoms with Gasteiger partial charge in [0, 0.05) is 37.6 Å². The third-order valence-corrected chi connectivity index (χ3v) is 10.1. The first-order chi connectivity index (χ1) is 25.8. The lowest BCUT2D eigenvalue weighted by Crippen LogP contribution is -2.45. The lowest BCUT2D eigenvalue weighted by Gasteiger charge is -2.32. The van der Waals surface area contributed by atoms with Crippen molar-refractivity contribution in [3.05, 3.63) is 83.5 Å². The van der Waals surface area contributed by atoms with E-state index in [0.717, 1.165) is 90.3 Å². The van der Waals surface area contributed by atoms with E-state index in [1.54, 1.807) is 48.5 Å². The lowest BCUT2D eigenvalue weighted by atomic mass is 9.77. The number of carbonyl (C=O) groups excluding carboxylic acids is 2. The van der Waals surface area contributed by atoms with Crippen LogP contribution in [0.4, 0.5) is 0 Å². The quantitative estimate of drug-likeness (QED) is 0.0706. The van der Waals surface area contributed by atoms with E-state index < -0.39 is 22.8 Å². The molecule has 2 saturated heterocycles. The van der Waals surface area contributed by atoms with E-state index in [9.17, 15) is 19.8 Å².